The molecule has 3 aliphatic heterocycles. The van der Waals surface area contributed by atoms with Gasteiger partial charge < -0.3 is 10.6 Å². The second-order valence-corrected chi connectivity index (χ2v) is 19.2. The predicted molar refractivity (Wildman–Crippen MR) is 181 cm³/mol. The van der Waals surface area contributed by atoms with E-state index in [-0.39, 0.29) is 0 Å². The molecule has 0 amide bonds. The van der Waals surface area contributed by atoms with Gasteiger partial charge in [-0.25, -0.2) is 0 Å². The summed E-state index contributed by atoms with van der Waals surface area (Å²) >= 11 is 0. The van der Waals surface area contributed by atoms with Crippen LogP contribution in [0.1, 0.15) is 163 Å². The lowest BCUT2D eigenvalue weighted by Crippen LogP contribution is -2.59. The molecule has 0 aromatic rings. The highest BCUT2D eigenvalue weighted by molar-refractivity contribution is 5.00. The molecule has 0 spiro atoms. The van der Waals surface area contributed by atoms with Gasteiger partial charge in [-0.15, -0.1) is 0 Å². The molecule has 3 saturated heterocycles. The molecule has 3 heteroatoms. The van der Waals surface area contributed by atoms with Crippen LogP contribution in [0.3, 0.4) is 0 Å². The minimum absolute atomic E-state index is 0.316. The Morgan fingerprint density at radius 1 is 0.425 bits per heavy atom. The normalized spacial score (nSPS) is 28.1. The SMILES string of the molecule is CC(C)C1CC(C)(C)N(C)C(C)(C)C1.CC(C)C1CC(C)(C)NC(C)(C)C1.CC(C)C1CC(C)(C)NC(C)(C)C1. The Morgan fingerprint density at radius 2 is 0.625 bits per heavy atom. The first kappa shape index (κ1) is 37.9. The van der Waals surface area contributed by atoms with Gasteiger partial charge in [-0.1, -0.05) is 41.5 Å². The molecule has 3 fully saturated rings. The van der Waals surface area contributed by atoms with Crippen LogP contribution in [-0.2, 0) is 0 Å². The second-order valence-electron chi connectivity index (χ2n) is 19.2. The van der Waals surface area contributed by atoms with E-state index < -0.39 is 0 Å². The van der Waals surface area contributed by atoms with E-state index in [0.717, 1.165) is 35.5 Å². The Kier molecular flexibility index (Phi) is 12.6. The number of likely N-dealkylation sites (tertiary alicyclic amines) is 1. The highest BCUT2D eigenvalue weighted by atomic mass is 15.2. The number of nitrogens with zero attached hydrogens (tertiary/aromatic N) is 1. The summed E-state index contributed by atoms with van der Waals surface area (Å²) in [5.74, 6) is 5.11. The van der Waals surface area contributed by atoms with Crippen LogP contribution in [0.2, 0.25) is 0 Å². The minimum Gasteiger partial charge on any atom is -0.307 e. The van der Waals surface area contributed by atoms with Crippen LogP contribution >= 0.6 is 0 Å². The fourth-order valence-electron chi connectivity index (χ4n) is 8.67. The van der Waals surface area contributed by atoms with E-state index in [1.165, 1.54) is 38.5 Å². The van der Waals surface area contributed by atoms with Gasteiger partial charge in [0.1, 0.15) is 0 Å². The average Bonchev–Trinajstić information content (AvgIpc) is 2.67. The molecule has 0 aliphatic carbocycles. The fourth-order valence-corrected chi connectivity index (χ4v) is 8.67. The molecular formula is C37H77N3. The predicted octanol–water partition coefficient (Wildman–Crippen LogP) is 9.94. The quantitative estimate of drug-likeness (QED) is 0.358. The van der Waals surface area contributed by atoms with E-state index in [1.807, 2.05) is 0 Å². The molecule has 0 unspecified atom stereocenters. The lowest BCUT2D eigenvalue weighted by molar-refractivity contribution is -0.0404. The lowest BCUT2D eigenvalue weighted by Gasteiger charge is -2.54. The molecule has 2 N–H and O–H groups in total. The number of rotatable bonds is 3. The Balaban J connectivity index is 0.000000300. The third-order valence-electron chi connectivity index (χ3n) is 10.6. The van der Waals surface area contributed by atoms with E-state index in [4.69, 9.17) is 0 Å². The molecule has 3 heterocycles. The van der Waals surface area contributed by atoms with Crippen LogP contribution in [-0.4, -0.2) is 45.2 Å². The van der Waals surface area contributed by atoms with Crippen LogP contribution in [0.4, 0.5) is 0 Å². The summed E-state index contributed by atoms with van der Waals surface area (Å²) < 4.78 is 0. The molecule has 3 aliphatic rings. The Bertz CT molecular complexity index is 676. The molecule has 240 valence electrons. The first-order valence-corrected chi connectivity index (χ1v) is 16.9. The van der Waals surface area contributed by atoms with Gasteiger partial charge in [-0.05, 0) is 164 Å². The number of piperidine rings is 3. The average molecular weight is 564 g/mol. The van der Waals surface area contributed by atoms with Gasteiger partial charge in [-0.3, -0.25) is 4.90 Å². The highest BCUT2D eigenvalue weighted by Gasteiger charge is 2.43. The van der Waals surface area contributed by atoms with Gasteiger partial charge in [0.05, 0.1) is 0 Å². The minimum atomic E-state index is 0.316. The summed E-state index contributed by atoms with van der Waals surface area (Å²) in [6.07, 6.45) is 7.93. The second kappa shape index (κ2) is 13.3. The van der Waals surface area contributed by atoms with Crippen LogP contribution in [0.25, 0.3) is 0 Å². The van der Waals surface area contributed by atoms with Gasteiger partial charge in [0.15, 0.2) is 0 Å². The smallest absolute Gasteiger partial charge is 0.0158 e. The van der Waals surface area contributed by atoms with Crippen molar-refractivity contribution in [1.29, 1.82) is 0 Å². The summed E-state index contributed by atoms with van der Waals surface area (Å²) in [6, 6.07) is 0. The standard InChI is InChI=1S/C13H27N.2C12H25N/c1-10(2)11-8-12(3,4)14(7)13(5,6)9-11;2*1-9(2)10-7-11(3,4)13-12(5,6)8-10/h10-11H,8-9H2,1-7H3;2*9-10,13H,7-8H2,1-6H3. The van der Waals surface area contributed by atoms with Crippen molar-refractivity contribution in [2.45, 2.75) is 196 Å². The molecule has 0 bridgehead atoms. The monoisotopic (exact) mass is 564 g/mol. The van der Waals surface area contributed by atoms with Crippen molar-refractivity contribution < 1.29 is 0 Å². The number of hydrogen-bond donors (Lipinski definition) is 2. The molecule has 40 heavy (non-hydrogen) atoms. The maximum absolute atomic E-state index is 3.72. The number of hydrogen-bond acceptors (Lipinski definition) is 3. The van der Waals surface area contributed by atoms with Crippen molar-refractivity contribution in [2.24, 2.45) is 35.5 Å². The van der Waals surface area contributed by atoms with Crippen molar-refractivity contribution in [3.8, 4) is 0 Å². The lowest BCUT2D eigenvalue weighted by atomic mass is 9.70. The van der Waals surface area contributed by atoms with Crippen LogP contribution < -0.4 is 10.6 Å². The summed E-state index contributed by atoms with van der Waals surface area (Å²) in [5, 5.41) is 7.43. The first-order valence-electron chi connectivity index (χ1n) is 16.9. The first-order chi connectivity index (χ1) is 17.6. The van der Waals surface area contributed by atoms with E-state index in [1.54, 1.807) is 0 Å². The van der Waals surface area contributed by atoms with Crippen molar-refractivity contribution in [3.05, 3.63) is 0 Å². The van der Waals surface area contributed by atoms with Gasteiger partial charge in [0.2, 0.25) is 0 Å². The van der Waals surface area contributed by atoms with Gasteiger partial charge in [-0.2, -0.15) is 0 Å². The molecule has 0 saturated carbocycles. The maximum Gasteiger partial charge on any atom is 0.0158 e. The van der Waals surface area contributed by atoms with Crippen LogP contribution in [0.5, 0.6) is 0 Å². The molecule has 0 atom stereocenters. The highest BCUT2D eigenvalue weighted by Crippen LogP contribution is 2.43. The van der Waals surface area contributed by atoms with E-state index in [2.05, 4.69) is 147 Å². The van der Waals surface area contributed by atoms with Crippen LogP contribution in [0, 0.1) is 35.5 Å². The Morgan fingerprint density at radius 3 is 0.825 bits per heavy atom. The maximum atomic E-state index is 3.72. The van der Waals surface area contributed by atoms with Gasteiger partial charge in [0, 0.05) is 33.2 Å². The third kappa shape index (κ3) is 11.9. The Labute approximate surface area is 254 Å². The molecular weight excluding hydrogens is 486 g/mol. The van der Waals surface area contributed by atoms with Crippen molar-refractivity contribution in [1.82, 2.24) is 15.5 Å². The summed E-state index contributed by atoms with van der Waals surface area (Å²) in [7, 11) is 2.27. The largest absolute Gasteiger partial charge is 0.307 e. The molecule has 0 radical (unpaired) electrons. The van der Waals surface area contributed by atoms with Crippen molar-refractivity contribution in [3.63, 3.8) is 0 Å². The third-order valence-corrected chi connectivity index (χ3v) is 10.6. The molecule has 3 nitrogen and oxygen atoms in total. The topological polar surface area (TPSA) is 27.3 Å². The molecule has 0 aromatic heterocycles. The fraction of sp³-hybridized carbons (Fsp3) is 1.00. The van der Waals surface area contributed by atoms with Crippen molar-refractivity contribution in [2.75, 3.05) is 7.05 Å². The molecule has 0 aromatic carbocycles. The zero-order valence-corrected chi connectivity index (χ0v) is 31.2. The van der Waals surface area contributed by atoms with Gasteiger partial charge >= 0.3 is 0 Å². The Hall–Kier alpha value is -0.120. The number of nitrogens with one attached hydrogen (secondary N) is 2. The van der Waals surface area contributed by atoms with E-state index in [0.29, 0.717) is 33.2 Å². The van der Waals surface area contributed by atoms with Crippen LogP contribution in [0.15, 0.2) is 0 Å². The summed E-state index contributed by atoms with van der Waals surface area (Å²) in [6.45, 7) is 42.2. The van der Waals surface area contributed by atoms with Gasteiger partial charge in [0.25, 0.3) is 0 Å². The van der Waals surface area contributed by atoms with E-state index in [9.17, 15) is 0 Å². The zero-order valence-electron chi connectivity index (χ0n) is 31.2. The summed E-state index contributed by atoms with van der Waals surface area (Å²) in [5.41, 5.74) is 1.98. The molecule has 3 rings (SSSR count). The van der Waals surface area contributed by atoms with Crippen molar-refractivity contribution >= 4 is 0 Å². The summed E-state index contributed by atoms with van der Waals surface area (Å²) in [4.78, 5) is 2.55. The van der Waals surface area contributed by atoms with E-state index >= 15 is 0 Å². The zero-order chi connectivity index (χ0) is 31.7.